The molecule has 1 aliphatic rings. The van der Waals surface area contributed by atoms with Crippen LogP contribution >= 0.6 is 0 Å². The number of methoxy groups -OCH3 is 1. The van der Waals surface area contributed by atoms with Gasteiger partial charge in [-0.15, -0.1) is 0 Å². The fourth-order valence-electron chi connectivity index (χ4n) is 3.22. The SMILES string of the molecule is CCC(C)CCCC1Cc2ccc(C#N)cc2C1C=O.CCOC. The van der Waals surface area contributed by atoms with Gasteiger partial charge in [-0.05, 0) is 54.9 Å². The van der Waals surface area contributed by atoms with Crippen molar-refractivity contribution in [3.05, 3.63) is 34.9 Å². The molecular weight excluding hydrogens is 298 g/mol. The summed E-state index contributed by atoms with van der Waals surface area (Å²) in [5.74, 6) is 1.20. The largest absolute Gasteiger partial charge is 0.385 e. The van der Waals surface area contributed by atoms with Crippen LogP contribution < -0.4 is 0 Å². The van der Waals surface area contributed by atoms with Gasteiger partial charge in [-0.2, -0.15) is 5.26 Å². The molecule has 0 aromatic heterocycles. The Balaban J connectivity index is 0.000000648. The first-order valence-electron chi connectivity index (χ1n) is 9.08. The molecule has 2 rings (SSSR count). The van der Waals surface area contributed by atoms with E-state index in [4.69, 9.17) is 5.26 Å². The van der Waals surface area contributed by atoms with Gasteiger partial charge >= 0.3 is 0 Å². The third kappa shape index (κ3) is 5.76. The van der Waals surface area contributed by atoms with Gasteiger partial charge in [0.2, 0.25) is 0 Å². The van der Waals surface area contributed by atoms with E-state index in [-0.39, 0.29) is 5.92 Å². The molecule has 3 atom stereocenters. The lowest BCUT2D eigenvalue weighted by atomic mass is 9.88. The fourth-order valence-corrected chi connectivity index (χ4v) is 3.22. The zero-order chi connectivity index (χ0) is 17.9. The summed E-state index contributed by atoms with van der Waals surface area (Å²) < 4.78 is 4.54. The van der Waals surface area contributed by atoms with Crippen LogP contribution in [-0.4, -0.2) is 20.0 Å². The molecule has 1 aromatic rings. The average molecular weight is 329 g/mol. The molecule has 3 nitrogen and oxygen atoms in total. The lowest BCUT2D eigenvalue weighted by Crippen LogP contribution is -2.09. The van der Waals surface area contributed by atoms with E-state index in [0.717, 1.165) is 37.2 Å². The first kappa shape index (κ1) is 20.4. The summed E-state index contributed by atoms with van der Waals surface area (Å²) >= 11 is 0. The second-order valence-electron chi connectivity index (χ2n) is 6.67. The molecule has 0 fully saturated rings. The molecule has 132 valence electrons. The van der Waals surface area contributed by atoms with Crippen molar-refractivity contribution in [1.29, 1.82) is 5.26 Å². The first-order valence-corrected chi connectivity index (χ1v) is 9.08. The molecule has 1 aliphatic carbocycles. The third-order valence-electron chi connectivity index (χ3n) is 5.03. The number of carbonyl (C=O) groups excluding carboxylic acids is 1. The van der Waals surface area contributed by atoms with E-state index in [9.17, 15) is 4.79 Å². The van der Waals surface area contributed by atoms with Gasteiger partial charge in [0.25, 0.3) is 0 Å². The summed E-state index contributed by atoms with van der Waals surface area (Å²) in [4.78, 5) is 11.5. The molecule has 0 N–H and O–H groups in total. The minimum atomic E-state index is -0.00441. The van der Waals surface area contributed by atoms with E-state index in [1.165, 1.54) is 24.8 Å². The van der Waals surface area contributed by atoms with Crippen LogP contribution in [0.3, 0.4) is 0 Å². The topological polar surface area (TPSA) is 50.1 Å². The van der Waals surface area contributed by atoms with Crippen molar-refractivity contribution < 1.29 is 9.53 Å². The Bertz CT molecular complexity index is 545. The molecule has 0 saturated heterocycles. The lowest BCUT2D eigenvalue weighted by Gasteiger charge is -2.16. The number of nitrogens with zero attached hydrogens (tertiary/aromatic N) is 1. The number of hydrogen-bond acceptors (Lipinski definition) is 3. The molecule has 0 bridgehead atoms. The molecule has 0 aliphatic heterocycles. The molecule has 3 heteroatoms. The van der Waals surface area contributed by atoms with E-state index in [1.807, 2.05) is 25.1 Å². The molecule has 3 unspecified atom stereocenters. The Labute approximate surface area is 147 Å². The van der Waals surface area contributed by atoms with Crippen LogP contribution in [0.5, 0.6) is 0 Å². The van der Waals surface area contributed by atoms with Gasteiger partial charge in [-0.1, -0.05) is 39.2 Å². The zero-order valence-electron chi connectivity index (χ0n) is 15.5. The minimum absolute atomic E-state index is 0.00441. The zero-order valence-corrected chi connectivity index (χ0v) is 15.5. The van der Waals surface area contributed by atoms with Crippen molar-refractivity contribution in [2.24, 2.45) is 11.8 Å². The highest BCUT2D eigenvalue weighted by Gasteiger charge is 2.31. The highest BCUT2D eigenvalue weighted by molar-refractivity contribution is 5.66. The maximum atomic E-state index is 11.5. The summed E-state index contributed by atoms with van der Waals surface area (Å²) in [6, 6.07) is 7.96. The Kier molecular flexibility index (Phi) is 9.34. The van der Waals surface area contributed by atoms with Gasteiger partial charge in [-0.3, -0.25) is 0 Å². The summed E-state index contributed by atoms with van der Waals surface area (Å²) in [5.41, 5.74) is 3.01. The summed E-state index contributed by atoms with van der Waals surface area (Å²) in [5, 5.41) is 8.99. The number of nitriles is 1. The van der Waals surface area contributed by atoms with E-state index >= 15 is 0 Å². The maximum Gasteiger partial charge on any atom is 0.127 e. The molecule has 0 heterocycles. The average Bonchev–Trinajstić information content (AvgIpc) is 2.97. The number of hydrogen-bond donors (Lipinski definition) is 0. The third-order valence-corrected chi connectivity index (χ3v) is 5.03. The van der Waals surface area contributed by atoms with E-state index in [0.29, 0.717) is 11.5 Å². The summed E-state index contributed by atoms with van der Waals surface area (Å²) in [7, 11) is 1.68. The Hall–Kier alpha value is -1.66. The van der Waals surface area contributed by atoms with E-state index in [1.54, 1.807) is 7.11 Å². The number of benzene rings is 1. The normalized spacial score (nSPS) is 19.6. The molecular formula is C21H31NO2. The van der Waals surface area contributed by atoms with Gasteiger partial charge in [0, 0.05) is 19.6 Å². The van der Waals surface area contributed by atoms with Gasteiger partial charge in [0.15, 0.2) is 0 Å². The Morgan fingerprint density at radius 3 is 2.67 bits per heavy atom. The smallest absolute Gasteiger partial charge is 0.127 e. The highest BCUT2D eigenvalue weighted by Crippen LogP contribution is 2.40. The predicted molar refractivity (Wildman–Crippen MR) is 98.0 cm³/mol. The van der Waals surface area contributed by atoms with Crippen LogP contribution in [-0.2, 0) is 16.0 Å². The maximum absolute atomic E-state index is 11.5. The standard InChI is InChI=1S/C18H23NO.C3H8O/c1-3-13(2)5-4-6-15-10-16-8-7-14(11-19)9-17(16)18(15)12-20;1-3-4-2/h7-9,12-13,15,18H,3-6,10H2,1-2H3;3H2,1-2H3. The quantitative estimate of drug-likeness (QED) is 0.670. The van der Waals surface area contributed by atoms with Crippen LogP contribution in [0.2, 0.25) is 0 Å². The summed E-state index contributed by atoms with van der Waals surface area (Å²) in [6.45, 7) is 7.30. The Morgan fingerprint density at radius 2 is 2.12 bits per heavy atom. The van der Waals surface area contributed by atoms with Crippen LogP contribution in [0.1, 0.15) is 69.1 Å². The number of fused-ring (bicyclic) bond motifs is 1. The second-order valence-corrected chi connectivity index (χ2v) is 6.67. The van der Waals surface area contributed by atoms with Gasteiger partial charge in [0.1, 0.15) is 6.29 Å². The fraction of sp³-hybridized carbons (Fsp3) is 0.619. The second kappa shape index (κ2) is 11.0. The molecule has 1 aromatic carbocycles. The number of rotatable bonds is 7. The van der Waals surface area contributed by atoms with E-state index in [2.05, 4.69) is 24.7 Å². The highest BCUT2D eigenvalue weighted by atomic mass is 16.5. The van der Waals surface area contributed by atoms with Gasteiger partial charge in [-0.25, -0.2) is 0 Å². The molecule has 0 saturated carbocycles. The molecule has 0 radical (unpaired) electrons. The lowest BCUT2D eigenvalue weighted by molar-refractivity contribution is -0.109. The van der Waals surface area contributed by atoms with Gasteiger partial charge in [0.05, 0.1) is 11.6 Å². The monoisotopic (exact) mass is 329 g/mol. The predicted octanol–water partition coefficient (Wildman–Crippen LogP) is 4.88. The number of carbonyl (C=O) groups is 1. The van der Waals surface area contributed by atoms with Crippen LogP contribution in [0.15, 0.2) is 18.2 Å². The van der Waals surface area contributed by atoms with Crippen molar-refractivity contribution in [3.8, 4) is 6.07 Å². The molecule has 24 heavy (non-hydrogen) atoms. The van der Waals surface area contributed by atoms with Crippen molar-refractivity contribution in [2.45, 2.75) is 58.8 Å². The molecule has 0 amide bonds. The van der Waals surface area contributed by atoms with Crippen molar-refractivity contribution in [2.75, 3.05) is 13.7 Å². The Morgan fingerprint density at radius 1 is 1.42 bits per heavy atom. The first-order chi connectivity index (χ1) is 11.6. The molecule has 0 spiro atoms. The number of aldehydes is 1. The van der Waals surface area contributed by atoms with Crippen LogP contribution in [0.25, 0.3) is 0 Å². The van der Waals surface area contributed by atoms with Crippen LogP contribution in [0.4, 0.5) is 0 Å². The summed E-state index contributed by atoms with van der Waals surface area (Å²) in [6.07, 6.45) is 6.87. The van der Waals surface area contributed by atoms with Crippen molar-refractivity contribution >= 4 is 6.29 Å². The van der Waals surface area contributed by atoms with Gasteiger partial charge < -0.3 is 9.53 Å². The van der Waals surface area contributed by atoms with Crippen LogP contribution in [0, 0.1) is 23.2 Å². The number of ether oxygens (including phenoxy) is 1. The van der Waals surface area contributed by atoms with E-state index < -0.39 is 0 Å². The van der Waals surface area contributed by atoms with Crippen molar-refractivity contribution in [1.82, 2.24) is 0 Å². The minimum Gasteiger partial charge on any atom is -0.385 e. The van der Waals surface area contributed by atoms with Crippen molar-refractivity contribution in [3.63, 3.8) is 0 Å².